The molecule has 5 nitrogen and oxygen atoms in total. The maximum atomic E-state index is 12.1. The van der Waals surface area contributed by atoms with Crippen molar-refractivity contribution in [2.24, 2.45) is 0 Å². The van der Waals surface area contributed by atoms with Gasteiger partial charge in [-0.1, -0.05) is 6.08 Å². The minimum atomic E-state index is -0.316. The van der Waals surface area contributed by atoms with Gasteiger partial charge in [0.15, 0.2) is 11.5 Å². The third-order valence-electron chi connectivity index (χ3n) is 3.32. The average Bonchev–Trinajstić information content (AvgIpc) is 2.89. The van der Waals surface area contributed by atoms with Crippen molar-refractivity contribution < 1.29 is 19.4 Å². The Kier molecular flexibility index (Phi) is 3.03. The molecule has 0 radical (unpaired) electrons. The van der Waals surface area contributed by atoms with Gasteiger partial charge in [0.2, 0.25) is 12.5 Å². The molecular formula is C14H15NO4. The Balaban J connectivity index is 1.82. The van der Waals surface area contributed by atoms with Crippen molar-refractivity contribution in [2.75, 3.05) is 6.79 Å². The van der Waals surface area contributed by atoms with Gasteiger partial charge in [-0.2, -0.15) is 0 Å². The molecule has 1 aromatic rings. The van der Waals surface area contributed by atoms with Crippen LogP contribution in [0.25, 0.3) is 0 Å². The van der Waals surface area contributed by atoms with Crippen molar-refractivity contribution in [3.05, 3.63) is 29.5 Å². The molecule has 3 rings (SSSR count). The topological polar surface area (TPSA) is 67.8 Å². The Bertz CT molecular complexity index is 551. The first-order chi connectivity index (χ1) is 9.25. The Hall–Kier alpha value is -2.17. The van der Waals surface area contributed by atoms with E-state index in [1.165, 1.54) is 0 Å². The molecule has 0 atom stereocenters. The van der Waals surface area contributed by atoms with Gasteiger partial charge in [0, 0.05) is 5.70 Å². The van der Waals surface area contributed by atoms with E-state index in [4.69, 9.17) is 9.47 Å². The van der Waals surface area contributed by atoms with Crippen molar-refractivity contribution in [3.63, 3.8) is 0 Å². The Morgan fingerprint density at radius 1 is 1.26 bits per heavy atom. The van der Waals surface area contributed by atoms with Gasteiger partial charge >= 0.3 is 0 Å². The molecule has 100 valence electrons. The maximum absolute atomic E-state index is 12.1. The number of phenolic OH excluding ortho intramolecular Hbond substituents is 1. The highest BCUT2D eigenvalue weighted by molar-refractivity contribution is 5.99. The van der Waals surface area contributed by atoms with E-state index in [1.807, 2.05) is 6.08 Å². The zero-order valence-electron chi connectivity index (χ0n) is 10.4. The smallest absolute Gasteiger partial charge is 0.259 e. The van der Waals surface area contributed by atoms with Crippen LogP contribution >= 0.6 is 0 Å². The van der Waals surface area contributed by atoms with Gasteiger partial charge in [-0.15, -0.1) is 0 Å². The Morgan fingerprint density at radius 3 is 2.95 bits per heavy atom. The molecule has 1 heterocycles. The number of nitrogens with one attached hydrogen (secondary N) is 1. The van der Waals surface area contributed by atoms with Crippen LogP contribution in [0.1, 0.15) is 36.0 Å². The summed E-state index contributed by atoms with van der Waals surface area (Å²) in [5.41, 5.74) is 1.13. The summed E-state index contributed by atoms with van der Waals surface area (Å²) in [6, 6.07) is 3.17. The highest BCUT2D eigenvalue weighted by atomic mass is 16.7. The van der Waals surface area contributed by atoms with Crippen LogP contribution in [-0.2, 0) is 0 Å². The van der Waals surface area contributed by atoms with Gasteiger partial charge in [0.05, 0.1) is 5.56 Å². The van der Waals surface area contributed by atoms with E-state index in [9.17, 15) is 9.90 Å². The molecule has 0 saturated carbocycles. The van der Waals surface area contributed by atoms with Gasteiger partial charge in [0.1, 0.15) is 0 Å². The zero-order valence-corrected chi connectivity index (χ0v) is 10.4. The van der Waals surface area contributed by atoms with Gasteiger partial charge < -0.3 is 19.9 Å². The zero-order chi connectivity index (χ0) is 13.2. The number of carbonyl (C=O) groups excluding carboxylic acids is 1. The Morgan fingerprint density at radius 2 is 2.16 bits per heavy atom. The minimum absolute atomic E-state index is 0.0686. The Labute approximate surface area is 110 Å². The molecule has 1 amide bonds. The largest absolute Gasteiger partial charge is 0.504 e. The van der Waals surface area contributed by atoms with E-state index in [1.54, 1.807) is 12.1 Å². The van der Waals surface area contributed by atoms with Crippen LogP contribution in [0.2, 0.25) is 0 Å². The molecule has 0 fully saturated rings. The number of aromatic hydroxyl groups is 1. The predicted molar refractivity (Wildman–Crippen MR) is 68.2 cm³/mol. The second kappa shape index (κ2) is 4.84. The first-order valence-corrected chi connectivity index (χ1v) is 6.37. The summed E-state index contributed by atoms with van der Waals surface area (Å²) in [5, 5.41) is 12.9. The van der Waals surface area contributed by atoms with Crippen LogP contribution < -0.4 is 14.8 Å². The fourth-order valence-corrected chi connectivity index (χ4v) is 2.31. The van der Waals surface area contributed by atoms with Crippen molar-refractivity contribution in [1.29, 1.82) is 0 Å². The summed E-state index contributed by atoms with van der Waals surface area (Å²) in [6.07, 6.45) is 6.14. The summed E-state index contributed by atoms with van der Waals surface area (Å²) in [5.74, 6) is 0.226. The number of ether oxygens (including phenoxy) is 2. The lowest BCUT2D eigenvalue weighted by Crippen LogP contribution is -2.23. The van der Waals surface area contributed by atoms with Crippen LogP contribution in [-0.4, -0.2) is 17.8 Å². The monoisotopic (exact) mass is 261 g/mol. The van der Waals surface area contributed by atoms with Crippen LogP contribution in [0.4, 0.5) is 0 Å². The van der Waals surface area contributed by atoms with Crippen molar-refractivity contribution in [1.82, 2.24) is 5.32 Å². The summed E-state index contributed by atoms with van der Waals surface area (Å²) in [7, 11) is 0. The molecule has 1 aromatic carbocycles. The molecule has 0 aromatic heterocycles. The first-order valence-electron chi connectivity index (χ1n) is 6.37. The molecule has 1 aliphatic carbocycles. The standard InChI is InChI=1S/C14H15NO4/c16-12-10(6-7-11-13(12)19-8-18-11)14(17)15-9-4-2-1-3-5-9/h4,6-7,16H,1-3,5,8H2,(H,15,17). The number of carbonyl (C=O) groups is 1. The average molecular weight is 261 g/mol. The summed E-state index contributed by atoms with van der Waals surface area (Å²) >= 11 is 0. The fourth-order valence-electron chi connectivity index (χ4n) is 2.31. The molecule has 0 bridgehead atoms. The van der Waals surface area contributed by atoms with Crippen molar-refractivity contribution >= 4 is 5.91 Å². The minimum Gasteiger partial charge on any atom is -0.504 e. The third-order valence-corrected chi connectivity index (χ3v) is 3.32. The number of fused-ring (bicyclic) bond motifs is 1. The first kappa shape index (κ1) is 11.9. The SMILES string of the molecule is O=C(NC1=CCCCC1)c1ccc2c(c1O)OCO2. The van der Waals surface area contributed by atoms with E-state index in [2.05, 4.69) is 5.32 Å². The highest BCUT2D eigenvalue weighted by Gasteiger charge is 2.24. The number of phenols is 1. The normalized spacial score (nSPS) is 16.9. The van der Waals surface area contributed by atoms with Crippen LogP contribution in [0, 0.1) is 0 Å². The number of hydrogen-bond donors (Lipinski definition) is 2. The third kappa shape index (κ3) is 2.23. The maximum Gasteiger partial charge on any atom is 0.259 e. The number of benzene rings is 1. The lowest BCUT2D eigenvalue weighted by molar-refractivity contribution is 0.0960. The van der Waals surface area contributed by atoms with Crippen molar-refractivity contribution in [2.45, 2.75) is 25.7 Å². The number of allylic oxidation sites excluding steroid dienone is 2. The molecule has 2 N–H and O–H groups in total. The van der Waals surface area contributed by atoms with Gasteiger partial charge in [0.25, 0.3) is 5.91 Å². The summed E-state index contributed by atoms with van der Waals surface area (Å²) < 4.78 is 10.3. The van der Waals surface area contributed by atoms with E-state index < -0.39 is 0 Å². The fraction of sp³-hybridized carbons (Fsp3) is 0.357. The van der Waals surface area contributed by atoms with Gasteiger partial charge in [-0.3, -0.25) is 4.79 Å². The molecule has 0 spiro atoms. The van der Waals surface area contributed by atoms with Crippen LogP contribution in [0.15, 0.2) is 23.9 Å². The van der Waals surface area contributed by atoms with Gasteiger partial charge in [-0.25, -0.2) is 0 Å². The molecule has 0 saturated heterocycles. The number of rotatable bonds is 2. The summed E-state index contributed by atoms with van der Waals surface area (Å²) in [4.78, 5) is 12.1. The van der Waals surface area contributed by atoms with E-state index >= 15 is 0 Å². The lowest BCUT2D eigenvalue weighted by Gasteiger charge is -2.14. The van der Waals surface area contributed by atoms with E-state index in [0.29, 0.717) is 5.75 Å². The van der Waals surface area contributed by atoms with E-state index in [-0.39, 0.29) is 29.8 Å². The second-order valence-corrected chi connectivity index (χ2v) is 4.62. The van der Waals surface area contributed by atoms with Crippen LogP contribution in [0.3, 0.4) is 0 Å². The lowest BCUT2D eigenvalue weighted by atomic mass is 10.0. The van der Waals surface area contributed by atoms with Crippen LogP contribution in [0.5, 0.6) is 17.2 Å². The molecule has 2 aliphatic rings. The second-order valence-electron chi connectivity index (χ2n) is 4.62. The van der Waals surface area contributed by atoms with Crippen molar-refractivity contribution in [3.8, 4) is 17.2 Å². The molecule has 0 unspecified atom stereocenters. The number of hydrogen-bond acceptors (Lipinski definition) is 4. The van der Waals surface area contributed by atoms with E-state index in [0.717, 1.165) is 31.4 Å². The molecule has 5 heteroatoms. The molecular weight excluding hydrogens is 246 g/mol. The van der Waals surface area contributed by atoms with Gasteiger partial charge in [-0.05, 0) is 37.8 Å². The number of amides is 1. The molecule has 1 aliphatic heterocycles. The highest BCUT2D eigenvalue weighted by Crippen LogP contribution is 2.42. The summed E-state index contributed by atoms with van der Waals surface area (Å²) in [6.45, 7) is 0.0686. The predicted octanol–water partition coefficient (Wildman–Crippen LogP) is 2.31. The quantitative estimate of drug-likeness (QED) is 0.857. The molecule has 19 heavy (non-hydrogen) atoms.